The molecular weight excluding hydrogens is 262 g/mol. The van der Waals surface area contributed by atoms with Crippen molar-refractivity contribution in [3.8, 4) is 0 Å². The van der Waals surface area contributed by atoms with E-state index >= 15 is 0 Å². The van der Waals surface area contributed by atoms with E-state index in [9.17, 15) is 4.79 Å². The molecule has 0 bridgehead atoms. The Bertz CT molecular complexity index is 435. The smallest absolute Gasteiger partial charge is 0.252 e. The van der Waals surface area contributed by atoms with Crippen molar-refractivity contribution in [2.75, 3.05) is 26.9 Å². The number of hydrogen-bond donors (Lipinski definition) is 0. The summed E-state index contributed by atoms with van der Waals surface area (Å²) in [5.41, 5.74) is 0. The van der Waals surface area contributed by atoms with Crippen molar-refractivity contribution in [2.45, 2.75) is 38.8 Å². The summed E-state index contributed by atoms with van der Waals surface area (Å²) in [7, 11) is 1.62. The molecule has 1 fully saturated rings. The standard InChI is InChI=1S/C13H21N3O4/c1-3-12(17)16-6-4-5-10(16)13-14-11(20-15-13)9-19-8-7-18-2/h10H,3-9H2,1-2H3. The summed E-state index contributed by atoms with van der Waals surface area (Å²) >= 11 is 0. The largest absolute Gasteiger partial charge is 0.382 e. The van der Waals surface area contributed by atoms with E-state index in [2.05, 4.69) is 10.1 Å². The molecule has 1 aliphatic rings. The molecule has 7 nitrogen and oxygen atoms in total. The van der Waals surface area contributed by atoms with E-state index in [0.717, 1.165) is 19.4 Å². The zero-order valence-electron chi connectivity index (χ0n) is 12.0. The predicted molar refractivity (Wildman–Crippen MR) is 69.8 cm³/mol. The van der Waals surface area contributed by atoms with Gasteiger partial charge in [0.25, 0.3) is 5.89 Å². The summed E-state index contributed by atoms with van der Waals surface area (Å²) in [6.45, 7) is 3.92. The van der Waals surface area contributed by atoms with Crippen LogP contribution in [0.5, 0.6) is 0 Å². The Hall–Kier alpha value is -1.47. The van der Waals surface area contributed by atoms with Gasteiger partial charge in [-0.25, -0.2) is 0 Å². The van der Waals surface area contributed by atoms with Crippen molar-refractivity contribution in [1.29, 1.82) is 0 Å². The number of likely N-dealkylation sites (tertiary alicyclic amines) is 1. The molecule has 20 heavy (non-hydrogen) atoms. The number of rotatable bonds is 7. The van der Waals surface area contributed by atoms with Gasteiger partial charge in [-0.1, -0.05) is 12.1 Å². The van der Waals surface area contributed by atoms with Crippen LogP contribution >= 0.6 is 0 Å². The normalized spacial score (nSPS) is 18.7. The predicted octanol–water partition coefficient (Wildman–Crippen LogP) is 1.31. The van der Waals surface area contributed by atoms with E-state index in [1.54, 1.807) is 7.11 Å². The summed E-state index contributed by atoms with van der Waals surface area (Å²) < 4.78 is 15.4. The minimum atomic E-state index is -0.0566. The number of hydrogen-bond acceptors (Lipinski definition) is 6. The molecule has 0 N–H and O–H groups in total. The maximum atomic E-state index is 11.8. The SMILES string of the molecule is CCC(=O)N1CCCC1c1noc(COCCOC)n1. The third kappa shape index (κ3) is 3.55. The monoisotopic (exact) mass is 283 g/mol. The molecule has 0 radical (unpaired) electrons. The highest BCUT2D eigenvalue weighted by Crippen LogP contribution is 2.30. The summed E-state index contributed by atoms with van der Waals surface area (Å²) in [5.74, 6) is 1.15. The van der Waals surface area contributed by atoms with E-state index in [0.29, 0.717) is 31.3 Å². The van der Waals surface area contributed by atoms with E-state index in [1.807, 2.05) is 11.8 Å². The molecule has 2 heterocycles. The molecule has 1 aliphatic heterocycles. The zero-order chi connectivity index (χ0) is 14.4. The van der Waals surface area contributed by atoms with Crippen molar-refractivity contribution >= 4 is 5.91 Å². The fourth-order valence-electron chi connectivity index (χ4n) is 2.30. The van der Waals surface area contributed by atoms with Gasteiger partial charge in [0.05, 0.1) is 19.3 Å². The molecular formula is C13H21N3O4. The number of carbonyl (C=O) groups excluding carboxylic acids is 1. The van der Waals surface area contributed by atoms with E-state index < -0.39 is 0 Å². The van der Waals surface area contributed by atoms with Crippen molar-refractivity contribution in [3.63, 3.8) is 0 Å². The Morgan fingerprint density at radius 3 is 3.10 bits per heavy atom. The van der Waals surface area contributed by atoms with Crippen molar-refractivity contribution in [3.05, 3.63) is 11.7 Å². The number of amides is 1. The Morgan fingerprint density at radius 1 is 1.50 bits per heavy atom. The van der Waals surface area contributed by atoms with Crippen LogP contribution in [0.4, 0.5) is 0 Å². The molecule has 1 aromatic rings. The molecule has 112 valence electrons. The van der Waals surface area contributed by atoms with Crippen molar-refractivity contribution < 1.29 is 18.8 Å². The summed E-state index contributed by atoms with van der Waals surface area (Å²) in [6, 6.07) is -0.0566. The van der Waals surface area contributed by atoms with Gasteiger partial charge in [0.1, 0.15) is 6.61 Å². The van der Waals surface area contributed by atoms with Gasteiger partial charge in [-0.15, -0.1) is 0 Å². The molecule has 0 aliphatic carbocycles. The highest BCUT2D eigenvalue weighted by molar-refractivity contribution is 5.76. The average molecular weight is 283 g/mol. The van der Waals surface area contributed by atoms with E-state index in [-0.39, 0.29) is 18.6 Å². The lowest BCUT2D eigenvalue weighted by Gasteiger charge is -2.21. The molecule has 0 aromatic carbocycles. The Kier molecular flexibility index (Phi) is 5.49. The zero-order valence-corrected chi connectivity index (χ0v) is 12.0. The first-order valence-electron chi connectivity index (χ1n) is 6.95. The minimum Gasteiger partial charge on any atom is -0.382 e. The Morgan fingerprint density at radius 2 is 2.35 bits per heavy atom. The second-order valence-electron chi connectivity index (χ2n) is 4.69. The second-order valence-corrected chi connectivity index (χ2v) is 4.69. The first-order valence-corrected chi connectivity index (χ1v) is 6.95. The lowest BCUT2D eigenvalue weighted by Crippen LogP contribution is -2.30. The number of ether oxygens (including phenoxy) is 2. The number of aromatic nitrogens is 2. The van der Waals surface area contributed by atoms with Crippen LogP contribution in [0.3, 0.4) is 0 Å². The molecule has 1 atom stereocenters. The topological polar surface area (TPSA) is 77.7 Å². The van der Waals surface area contributed by atoms with Crippen LogP contribution in [0.2, 0.25) is 0 Å². The van der Waals surface area contributed by atoms with Crippen LogP contribution in [0.25, 0.3) is 0 Å². The lowest BCUT2D eigenvalue weighted by molar-refractivity contribution is -0.131. The van der Waals surface area contributed by atoms with Crippen LogP contribution in [-0.4, -0.2) is 47.8 Å². The molecule has 2 rings (SSSR count). The highest BCUT2D eigenvalue weighted by atomic mass is 16.5. The molecule has 7 heteroatoms. The van der Waals surface area contributed by atoms with Gasteiger partial charge < -0.3 is 18.9 Å². The number of methoxy groups -OCH3 is 1. The lowest BCUT2D eigenvalue weighted by atomic mass is 10.2. The van der Waals surface area contributed by atoms with E-state index in [1.165, 1.54) is 0 Å². The highest BCUT2D eigenvalue weighted by Gasteiger charge is 2.32. The molecule has 0 saturated carbocycles. The quantitative estimate of drug-likeness (QED) is 0.702. The van der Waals surface area contributed by atoms with Crippen LogP contribution < -0.4 is 0 Å². The van der Waals surface area contributed by atoms with Crippen LogP contribution in [0.15, 0.2) is 4.52 Å². The minimum absolute atomic E-state index is 0.0566. The maximum Gasteiger partial charge on any atom is 0.252 e. The summed E-state index contributed by atoms with van der Waals surface area (Å²) in [5, 5.41) is 3.97. The van der Waals surface area contributed by atoms with E-state index in [4.69, 9.17) is 14.0 Å². The summed E-state index contributed by atoms with van der Waals surface area (Å²) in [6.07, 6.45) is 2.36. The van der Waals surface area contributed by atoms with Gasteiger partial charge >= 0.3 is 0 Å². The van der Waals surface area contributed by atoms with Gasteiger partial charge in [-0.3, -0.25) is 4.79 Å². The summed E-state index contributed by atoms with van der Waals surface area (Å²) in [4.78, 5) is 18.0. The maximum absolute atomic E-state index is 11.8. The van der Waals surface area contributed by atoms with Crippen molar-refractivity contribution in [1.82, 2.24) is 15.0 Å². The van der Waals surface area contributed by atoms with Gasteiger partial charge in [-0.2, -0.15) is 4.98 Å². The van der Waals surface area contributed by atoms with Crippen LogP contribution in [0.1, 0.15) is 43.9 Å². The average Bonchev–Trinajstić information content (AvgIpc) is 3.11. The Labute approximate surface area is 118 Å². The van der Waals surface area contributed by atoms with Crippen LogP contribution in [-0.2, 0) is 20.9 Å². The van der Waals surface area contributed by atoms with Crippen LogP contribution in [0, 0.1) is 0 Å². The molecule has 1 aromatic heterocycles. The van der Waals surface area contributed by atoms with Gasteiger partial charge in [0.15, 0.2) is 5.82 Å². The molecule has 1 unspecified atom stereocenters. The number of nitrogens with zero attached hydrogens (tertiary/aromatic N) is 3. The third-order valence-corrected chi connectivity index (χ3v) is 3.31. The fraction of sp³-hybridized carbons (Fsp3) is 0.769. The molecule has 1 saturated heterocycles. The van der Waals surface area contributed by atoms with Gasteiger partial charge in [-0.05, 0) is 12.8 Å². The van der Waals surface area contributed by atoms with Gasteiger partial charge in [0.2, 0.25) is 5.91 Å². The number of carbonyl (C=O) groups is 1. The Balaban J connectivity index is 1.92. The van der Waals surface area contributed by atoms with Crippen molar-refractivity contribution in [2.24, 2.45) is 0 Å². The third-order valence-electron chi connectivity index (χ3n) is 3.31. The first kappa shape index (κ1) is 14.9. The first-order chi connectivity index (χ1) is 9.76. The second kappa shape index (κ2) is 7.35. The fourth-order valence-corrected chi connectivity index (χ4v) is 2.30. The van der Waals surface area contributed by atoms with Gasteiger partial charge in [0, 0.05) is 20.1 Å². The molecule has 1 amide bonds. The molecule has 0 spiro atoms.